The smallest absolute Gasteiger partial charge is 0.225 e. The molecule has 2 rings (SSSR count). The van der Waals surface area contributed by atoms with Crippen molar-refractivity contribution < 1.29 is 4.79 Å². The minimum atomic E-state index is -0.0269. The lowest BCUT2D eigenvalue weighted by atomic mass is 10.1. The zero-order valence-electron chi connectivity index (χ0n) is 12.8. The van der Waals surface area contributed by atoms with Crippen molar-refractivity contribution in [3.63, 3.8) is 0 Å². The van der Waals surface area contributed by atoms with Crippen LogP contribution >= 0.6 is 0 Å². The molecule has 1 aliphatic rings. The van der Waals surface area contributed by atoms with Gasteiger partial charge in [0.2, 0.25) is 5.91 Å². The second-order valence-electron chi connectivity index (χ2n) is 5.49. The van der Waals surface area contributed by atoms with E-state index in [1.54, 1.807) is 0 Å². The lowest BCUT2D eigenvalue weighted by Crippen LogP contribution is -2.45. The number of nitrogens with one attached hydrogen (secondary N) is 1. The fraction of sp³-hybridized carbons (Fsp3) is 0.562. The Hall–Kier alpha value is -1.43. The highest BCUT2D eigenvalue weighted by atomic mass is 16.1. The van der Waals surface area contributed by atoms with Gasteiger partial charge in [-0.25, -0.2) is 0 Å². The van der Waals surface area contributed by atoms with Gasteiger partial charge in [0.15, 0.2) is 0 Å². The Balaban J connectivity index is 1.81. The van der Waals surface area contributed by atoms with E-state index >= 15 is 0 Å². The Kier molecular flexibility index (Phi) is 6.17. The highest BCUT2D eigenvalue weighted by Crippen LogP contribution is 2.13. The van der Waals surface area contributed by atoms with Crippen molar-refractivity contribution in [1.29, 1.82) is 0 Å². The number of amides is 1. The van der Waals surface area contributed by atoms with Crippen LogP contribution in [0.1, 0.15) is 18.9 Å². The van der Waals surface area contributed by atoms with E-state index in [1.807, 2.05) is 12.1 Å². The van der Waals surface area contributed by atoms with E-state index in [9.17, 15) is 4.79 Å². The number of piperazine rings is 1. The number of anilines is 1. The maximum atomic E-state index is 11.5. The number of rotatable bonds is 6. The van der Waals surface area contributed by atoms with Gasteiger partial charge in [0, 0.05) is 51.4 Å². The SMILES string of the molecule is CCN1CCN(Cc2ccc(NC(=O)CCN)cc2)CC1. The molecule has 1 saturated heterocycles. The molecule has 0 spiro atoms. The molecule has 1 amide bonds. The molecule has 0 aromatic heterocycles. The third-order valence-corrected chi connectivity index (χ3v) is 3.93. The van der Waals surface area contributed by atoms with Gasteiger partial charge < -0.3 is 16.0 Å². The second kappa shape index (κ2) is 8.12. The fourth-order valence-electron chi connectivity index (χ4n) is 2.57. The van der Waals surface area contributed by atoms with E-state index in [0.717, 1.165) is 45.0 Å². The lowest BCUT2D eigenvalue weighted by molar-refractivity contribution is -0.116. The zero-order valence-corrected chi connectivity index (χ0v) is 12.8. The van der Waals surface area contributed by atoms with Crippen molar-refractivity contribution >= 4 is 11.6 Å². The molecule has 1 heterocycles. The predicted octanol–water partition coefficient (Wildman–Crippen LogP) is 1.11. The van der Waals surface area contributed by atoms with Gasteiger partial charge in [0.25, 0.3) is 0 Å². The third kappa shape index (κ3) is 5.12. The average Bonchev–Trinajstić information content (AvgIpc) is 2.50. The van der Waals surface area contributed by atoms with Gasteiger partial charge >= 0.3 is 0 Å². The van der Waals surface area contributed by atoms with Crippen LogP contribution in [0, 0.1) is 0 Å². The average molecular weight is 290 g/mol. The molecule has 0 atom stereocenters. The number of benzene rings is 1. The van der Waals surface area contributed by atoms with E-state index in [1.165, 1.54) is 5.56 Å². The second-order valence-corrected chi connectivity index (χ2v) is 5.49. The van der Waals surface area contributed by atoms with Crippen LogP contribution in [0.4, 0.5) is 5.69 Å². The van der Waals surface area contributed by atoms with Crippen LogP contribution < -0.4 is 11.1 Å². The molecule has 1 aromatic carbocycles. The monoisotopic (exact) mass is 290 g/mol. The Labute approximate surface area is 127 Å². The van der Waals surface area contributed by atoms with Gasteiger partial charge in [-0.05, 0) is 24.2 Å². The highest BCUT2D eigenvalue weighted by molar-refractivity contribution is 5.90. The fourth-order valence-corrected chi connectivity index (χ4v) is 2.57. The van der Waals surface area contributed by atoms with Crippen LogP contribution in [0.2, 0.25) is 0 Å². The summed E-state index contributed by atoms with van der Waals surface area (Å²) in [5.74, 6) is -0.0269. The molecule has 1 aromatic rings. The summed E-state index contributed by atoms with van der Waals surface area (Å²) < 4.78 is 0. The Morgan fingerprint density at radius 1 is 1.14 bits per heavy atom. The summed E-state index contributed by atoms with van der Waals surface area (Å²) >= 11 is 0. The maximum absolute atomic E-state index is 11.5. The molecular formula is C16H26N4O. The molecule has 5 nitrogen and oxygen atoms in total. The van der Waals surface area contributed by atoms with E-state index in [-0.39, 0.29) is 5.91 Å². The molecule has 0 bridgehead atoms. The van der Waals surface area contributed by atoms with Crippen molar-refractivity contribution in [2.24, 2.45) is 5.73 Å². The topological polar surface area (TPSA) is 61.6 Å². The van der Waals surface area contributed by atoms with Crippen molar-refractivity contribution in [1.82, 2.24) is 9.80 Å². The number of carbonyl (C=O) groups is 1. The van der Waals surface area contributed by atoms with Crippen LogP contribution in [-0.2, 0) is 11.3 Å². The zero-order chi connectivity index (χ0) is 15.1. The minimum absolute atomic E-state index is 0.0269. The largest absolute Gasteiger partial charge is 0.330 e. The van der Waals surface area contributed by atoms with Gasteiger partial charge in [-0.1, -0.05) is 19.1 Å². The van der Waals surface area contributed by atoms with Crippen LogP contribution in [0.25, 0.3) is 0 Å². The van der Waals surface area contributed by atoms with Crippen LogP contribution in [-0.4, -0.2) is 55.0 Å². The third-order valence-electron chi connectivity index (χ3n) is 3.93. The van der Waals surface area contributed by atoms with Gasteiger partial charge in [0.05, 0.1) is 0 Å². The van der Waals surface area contributed by atoms with E-state index in [4.69, 9.17) is 5.73 Å². The molecule has 0 aliphatic carbocycles. The minimum Gasteiger partial charge on any atom is -0.330 e. The number of hydrogen-bond acceptors (Lipinski definition) is 4. The predicted molar refractivity (Wildman–Crippen MR) is 86.1 cm³/mol. The Morgan fingerprint density at radius 3 is 2.33 bits per heavy atom. The molecule has 0 saturated carbocycles. The van der Waals surface area contributed by atoms with E-state index in [2.05, 4.69) is 34.2 Å². The Bertz CT molecular complexity index is 438. The van der Waals surface area contributed by atoms with Crippen LogP contribution in [0.5, 0.6) is 0 Å². The van der Waals surface area contributed by atoms with Crippen LogP contribution in [0.3, 0.4) is 0 Å². The summed E-state index contributed by atoms with van der Waals surface area (Å²) in [5.41, 5.74) is 7.49. The molecule has 0 unspecified atom stereocenters. The normalized spacial score (nSPS) is 16.9. The van der Waals surface area contributed by atoms with Gasteiger partial charge in [0.1, 0.15) is 0 Å². The van der Waals surface area contributed by atoms with Crippen molar-refractivity contribution in [2.75, 3.05) is 44.6 Å². The first-order valence-corrected chi connectivity index (χ1v) is 7.75. The maximum Gasteiger partial charge on any atom is 0.225 e. The first kappa shape index (κ1) is 15.9. The summed E-state index contributed by atoms with van der Waals surface area (Å²) in [6, 6.07) is 8.10. The molecule has 0 radical (unpaired) electrons. The summed E-state index contributed by atoms with van der Waals surface area (Å²) in [6.45, 7) is 9.29. The van der Waals surface area contributed by atoms with E-state index < -0.39 is 0 Å². The van der Waals surface area contributed by atoms with Crippen molar-refractivity contribution in [3.8, 4) is 0 Å². The van der Waals surface area contributed by atoms with Gasteiger partial charge in [-0.3, -0.25) is 9.69 Å². The lowest BCUT2D eigenvalue weighted by Gasteiger charge is -2.34. The first-order chi connectivity index (χ1) is 10.2. The van der Waals surface area contributed by atoms with Crippen molar-refractivity contribution in [2.45, 2.75) is 19.9 Å². The quantitative estimate of drug-likeness (QED) is 0.824. The highest BCUT2D eigenvalue weighted by Gasteiger charge is 2.15. The van der Waals surface area contributed by atoms with Crippen LogP contribution in [0.15, 0.2) is 24.3 Å². The molecule has 116 valence electrons. The number of carbonyl (C=O) groups excluding carboxylic acids is 1. The Morgan fingerprint density at radius 2 is 1.76 bits per heavy atom. The summed E-state index contributed by atoms with van der Waals surface area (Å²) in [5, 5.41) is 2.85. The number of hydrogen-bond donors (Lipinski definition) is 2. The van der Waals surface area contributed by atoms with E-state index in [0.29, 0.717) is 13.0 Å². The summed E-state index contributed by atoms with van der Waals surface area (Å²) in [4.78, 5) is 16.4. The number of nitrogens with two attached hydrogens (primary N) is 1. The summed E-state index contributed by atoms with van der Waals surface area (Å²) in [7, 11) is 0. The first-order valence-electron chi connectivity index (χ1n) is 7.75. The molecule has 5 heteroatoms. The number of nitrogens with zero attached hydrogens (tertiary/aromatic N) is 2. The number of likely N-dealkylation sites (N-methyl/N-ethyl adjacent to an activating group) is 1. The standard InChI is InChI=1S/C16H26N4O/c1-2-19-9-11-20(12-10-19)13-14-3-5-15(6-4-14)18-16(21)7-8-17/h3-6H,2,7-13,17H2,1H3,(H,18,21). The molecular weight excluding hydrogens is 264 g/mol. The molecule has 1 aliphatic heterocycles. The van der Waals surface area contributed by atoms with Gasteiger partial charge in [-0.2, -0.15) is 0 Å². The van der Waals surface area contributed by atoms with Crippen molar-refractivity contribution in [3.05, 3.63) is 29.8 Å². The molecule has 21 heavy (non-hydrogen) atoms. The molecule has 3 N–H and O–H groups in total. The van der Waals surface area contributed by atoms with Gasteiger partial charge in [-0.15, -0.1) is 0 Å². The summed E-state index contributed by atoms with van der Waals surface area (Å²) in [6.07, 6.45) is 0.365. The molecule has 1 fully saturated rings.